The van der Waals surface area contributed by atoms with Gasteiger partial charge < -0.3 is 4.90 Å². The molecule has 1 heterocycles. The van der Waals surface area contributed by atoms with Gasteiger partial charge >= 0.3 is 0 Å². The molecule has 0 aromatic heterocycles. The number of rotatable bonds is 5. The minimum Gasteiger partial charge on any atom is -0.331 e. The van der Waals surface area contributed by atoms with Crippen molar-refractivity contribution in [2.24, 2.45) is 0 Å². The number of carbonyl (C=O) groups excluding carboxylic acids is 1. The maximum atomic E-state index is 13.4. The summed E-state index contributed by atoms with van der Waals surface area (Å²) >= 11 is 7.93. The molecule has 0 N–H and O–H groups in total. The highest BCUT2D eigenvalue weighted by atomic mass is 35.5. The summed E-state index contributed by atoms with van der Waals surface area (Å²) in [7, 11) is 0. The van der Waals surface area contributed by atoms with Crippen LogP contribution in [0.15, 0.2) is 29.2 Å². The number of hydrogen-bond acceptors (Lipinski definition) is 3. The zero-order valence-corrected chi connectivity index (χ0v) is 15.3. The number of benzene rings is 1. The van der Waals surface area contributed by atoms with Crippen molar-refractivity contribution in [3.63, 3.8) is 0 Å². The van der Waals surface area contributed by atoms with E-state index in [1.165, 1.54) is 12.8 Å². The lowest BCUT2D eigenvalue weighted by Gasteiger charge is -2.35. The predicted octanol–water partition coefficient (Wildman–Crippen LogP) is 4.41. The second-order valence-corrected chi connectivity index (χ2v) is 8.18. The summed E-state index contributed by atoms with van der Waals surface area (Å²) < 4.78 is 1.83. The molecule has 2 fully saturated rings. The predicted molar refractivity (Wildman–Crippen MR) is 97.1 cm³/mol. The summed E-state index contributed by atoms with van der Waals surface area (Å²) in [5, 5.41) is 0. The number of nitrogens with zero attached hydrogens (tertiary/aromatic N) is 2. The fraction of sp³-hybridized carbons (Fsp3) is 0.611. The molecule has 1 amide bonds. The van der Waals surface area contributed by atoms with Crippen molar-refractivity contribution in [3.8, 4) is 0 Å². The Balaban J connectivity index is 1.88. The second kappa shape index (κ2) is 7.91. The molecular weight excluding hydrogens is 328 g/mol. The van der Waals surface area contributed by atoms with E-state index in [1.54, 1.807) is 11.8 Å². The molecule has 5 heteroatoms. The molecule has 3 rings (SSSR count). The molecule has 0 spiro atoms. The van der Waals surface area contributed by atoms with E-state index < -0.39 is 0 Å². The highest BCUT2D eigenvalue weighted by Crippen LogP contribution is 2.32. The van der Waals surface area contributed by atoms with Gasteiger partial charge in [0.05, 0.1) is 5.56 Å². The Morgan fingerprint density at radius 1 is 1.26 bits per heavy atom. The molecule has 126 valence electrons. The van der Waals surface area contributed by atoms with Gasteiger partial charge in [-0.05, 0) is 48.9 Å². The van der Waals surface area contributed by atoms with E-state index in [0.717, 1.165) is 48.6 Å². The number of hydrogen-bond donors (Lipinski definition) is 0. The Bertz CT molecular complexity index is 548. The highest BCUT2D eigenvalue weighted by Gasteiger charge is 2.37. The molecule has 3 nitrogen and oxygen atoms in total. The van der Waals surface area contributed by atoms with Crippen LogP contribution in [0, 0.1) is 0 Å². The standard InChI is InChI=1S/C18H25ClN2OS/c1-2-23-17-10-6-5-9-16(17)18(22)21(14-7-3-4-8-14)15-11-12-20(19)13-15/h5-6,9-10,14-15H,2-4,7-8,11-13H2,1H3/t15-/m0/s1. The van der Waals surface area contributed by atoms with Crippen molar-refractivity contribution in [2.45, 2.75) is 56.0 Å². The maximum absolute atomic E-state index is 13.4. The summed E-state index contributed by atoms with van der Waals surface area (Å²) in [5.41, 5.74) is 0.860. The topological polar surface area (TPSA) is 23.6 Å². The van der Waals surface area contributed by atoms with Gasteiger partial charge in [-0.25, -0.2) is 4.42 Å². The third kappa shape index (κ3) is 3.86. The third-order valence-corrected chi connectivity index (χ3v) is 6.14. The fourth-order valence-electron chi connectivity index (χ4n) is 3.80. The average Bonchev–Trinajstić information content (AvgIpc) is 3.21. The molecule has 1 aliphatic carbocycles. The Morgan fingerprint density at radius 3 is 2.65 bits per heavy atom. The van der Waals surface area contributed by atoms with Crippen LogP contribution in [0.5, 0.6) is 0 Å². The normalized spacial score (nSPS) is 22.6. The number of carbonyl (C=O) groups is 1. The molecule has 1 saturated heterocycles. The van der Waals surface area contributed by atoms with Crippen LogP contribution in [0.3, 0.4) is 0 Å². The molecule has 1 saturated carbocycles. The fourth-order valence-corrected chi connectivity index (χ4v) is 4.86. The molecule has 1 atom stereocenters. The Hall–Kier alpha value is -0.710. The molecule has 0 radical (unpaired) electrons. The van der Waals surface area contributed by atoms with Crippen molar-refractivity contribution < 1.29 is 4.79 Å². The zero-order valence-electron chi connectivity index (χ0n) is 13.7. The maximum Gasteiger partial charge on any atom is 0.255 e. The summed E-state index contributed by atoms with van der Waals surface area (Å²) in [5.74, 6) is 1.18. The minimum absolute atomic E-state index is 0.199. The van der Waals surface area contributed by atoms with Crippen molar-refractivity contribution >= 4 is 29.4 Å². The third-order valence-electron chi connectivity index (χ3n) is 4.88. The van der Waals surface area contributed by atoms with E-state index in [2.05, 4.69) is 17.9 Å². The smallest absolute Gasteiger partial charge is 0.255 e. The molecular formula is C18H25ClN2OS. The first-order chi connectivity index (χ1) is 11.2. The minimum atomic E-state index is 0.199. The molecule has 0 bridgehead atoms. The Morgan fingerprint density at radius 2 is 2.00 bits per heavy atom. The van der Waals surface area contributed by atoms with Crippen molar-refractivity contribution in [1.29, 1.82) is 0 Å². The highest BCUT2D eigenvalue weighted by molar-refractivity contribution is 7.99. The number of thioether (sulfide) groups is 1. The van der Waals surface area contributed by atoms with Gasteiger partial charge in [0.2, 0.25) is 0 Å². The van der Waals surface area contributed by atoms with Crippen LogP contribution in [-0.4, -0.2) is 46.2 Å². The van der Waals surface area contributed by atoms with Crippen molar-refractivity contribution in [3.05, 3.63) is 29.8 Å². The average molecular weight is 353 g/mol. The van der Waals surface area contributed by atoms with Gasteiger partial charge in [0.1, 0.15) is 0 Å². The van der Waals surface area contributed by atoms with Crippen LogP contribution in [0.2, 0.25) is 0 Å². The zero-order chi connectivity index (χ0) is 16.2. The van der Waals surface area contributed by atoms with Crippen LogP contribution < -0.4 is 0 Å². The first-order valence-electron chi connectivity index (χ1n) is 8.66. The lowest BCUT2D eigenvalue weighted by molar-refractivity contribution is 0.0586. The van der Waals surface area contributed by atoms with Crippen LogP contribution in [0.4, 0.5) is 0 Å². The van der Waals surface area contributed by atoms with E-state index in [4.69, 9.17) is 11.8 Å². The molecule has 1 aromatic carbocycles. The summed E-state index contributed by atoms with van der Waals surface area (Å²) in [6.45, 7) is 3.78. The first kappa shape index (κ1) is 17.1. The number of amides is 1. The lowest BCUT2D eigenvalue weighted by Crippen LogP contribution is -2.47. The van der Waals surface area contributed by atoms with Gasteiger partial charge in [-0.3, -0.25) is 4.79 Å². The first-order valence-corrected chi connectivity index (χ1v) is 9.98. The summed E-state index contributed by atoms with van der Waals surface area (Å²) in [6, 6.07) is 8.68. The van der Waals surface area contributed by atoms with E-state index >= 15 is 0 Å². The van der Waals surface area contributed by atoms with Crippen LogP contribution in [-0.2, 0) is 0 Å². The molecule has 1 aromatic rings. The van der Waals surface area contributed by atoms with Gasteiger partial charge in [-0.1, -0.05) is 31.9 Å². The van der Waals surface area contributed by atoms with E-state index in [1.807, 2.05) is 22.6 Å². The molecule has 23 heavy (non-hydrogen) atoms. The van der Waals surface area contributed by atoms with Crippen LogP contribution in [0.25, 0.3) is 0 Å². The largest absolute Gasteiger partial charge is 0.331 e. The van der Waals surface area contributed by atoms with Crippen molar-refractivity contribution in [2.75, 3.05) is 18.8 Å². The Kier molecular flexibility index (Phi) is 5.89. The molecule has 0 unspecified atom stereocenters. The monoisotopic (exact) mass is 352 g/mol. The molecule has 1 aliphatic heterocycles. The summed E-state index contributed by atoms with van der Waals surface area (Å²) in [6.07, 6.45) is 5.71. The van der Waals surface area contributed by atoms with Gasteiger partial charge in [-0.2, -0.15) is 0 Å². The van der Waals surface area contributed by atoms with E-state index in [9.17, 15) is 4.79 Å². The van der Waals surface area contributed by atoms with Gasteiger partial charge in [0.15, 0.2) is 0 Å². The lowest BCUT2D eigenvalue weighted by atomic mass is 10.1. The van der Waals surface area contributed by atoms with E-state index in [-0.39, 0.29) is 11.9 Å². The van der Waals surface area contributed by atoms with Crippen LogP contribution >= 0.6 is 23.5 Å². The van der Waals surface area contributed by atoms with Gasteiger partial charge in [0.25, 0.3) is 5.91 Å². The van der Waals surface area contributed by atoms with Gasteiger partial charge in [-0.15, -0.1) is 11.8 Å². The van der Waals surface area contributed by atoms with E-state index in [0.29, 0.717) is 6.04 Å². The second-order valence-electron chi connectivity index (χ2n) is 6.39. The molecule has 2 aliphatic rings. The SMILES string of the molecule is CCSc1ccccc1C(=O)N(C1CCCC1)[C@H]1CCN(Cl)C1. The number of halogens is 1. The van der Waals surface area contributed by atoms with Crippen LogP contribution in [0.1, 0.15) is 49.4 Å². The van der Waals surface area contributed by atoms with Gasteiger partial charge in [0, 0.05) is 30.1 Å². The Labute approximate surface area is 148 Å². The quantitative estimate of drug-likeness (QED) is 0.579. The van der Waals surface area contributed by atoms with Crippen molar-refractivity contribution in [1.82, 2.24) is 9.32 Å². The summed E-state index contributed by atoms with van der Waals surface area (Å²) in [4.78, 5) is 16.6.